The number of benzene rings is 2. The van der Waals surface area contributed by atoms with Crippen molar-refractivity contribution in [3.8, 4) is 22.8 Å². The maximum absolute atomic E-state index is 5.87. The van der Waals surface area contributed by atoms with E-state index in [9.17, 15) is 0 Å². The third-order valence-corrected chi connectivity index (χ3v) is 4.53. The molecule has 27 heavy (non-hydrogen) atoms. The fraction of sp³-hybridized carbons (Fsp3) is 0.105. The topological polar surface area (TPSA) is 67.3 Å². The number of hydrogen-bond donors (Lipinski definition) is 2. The molecule has 0 saturated heterocycles. The monoisotopic (exact) mass is 396 g/mol. The minimum absolute atomic E-state index is 0.438. The zero-order chi connectivity index (χ0) is 18.8. The van der Waals surface area contributed by atoms with Crippen LogP contribution in [-0.4, -0.2) is 26.7 Å². The maximum Gasteiger partial charge on any atom is 0.190 e. The summed E-state index contributed by atoms with van der Waals surface area (Å²) < 4.78 is 14.0. The minimum Gasteiger partial charge on any atom is -0.496 e. The van der Waals surface area contributed by atoms with Gasteiger partial charge in [-0.2, -0.15) is 0 Å². The average molecular weight is 396 g/mol. The molecule has 0 aliphatic heterocycles. The van der Waals surface area contributed by atoms with E-state index in [-0.39, 0.29) is 0 Å². The summed E-state index contributed by atoms with van der Waals surface area (Å²) in [6, 6.07) is 15.7. The normalized spacial score (nSPS) is 10.9. The van der Waals surface area contributed by atoms with Gasteiger partial charge in [0.05, 0.1) is 19.0 Å². The van der Waals surface area contributed by atoms with Gasteiger partial charge in [0.1, 0.15) is 18.1 Å². The Morgan fingerprint density at radius 2 is 1.93 bits per heavy atom. The van der Waals surface area contributed by atoms with Crippen LogP contribution in [0.1, 0.15) is 5.56 Å². The first-order chi connectivity index (χ1) is 13.1. The highest BCUT2D eigenvalue weighted by atomic mass is 32.1. The van der Waals surface area contributed by atoms with Crippen molar-refractivity contribution in [1.29, 1.82) is 0 Å². The summed E-state index contributed by atoms with van der Waals surface area (Å²) in [6.45, 7) is 0.490. The van der Waals surface area contributed by atoms with Gasteiger partial charge in [-0.05, 0) is 29.9 Å². The first-order valence-electron chi connectivity index (χ1n) is 8.21. The van der Waals surface area contributed by atoms with E-state index in [1.165, 1.54) is 0 Å². The summed E-state index contributed by atoms with van der Waals surface area (Å²) in [7, 11) is 1.62. The highest BCUT2D eigenvalue weighted by Crippen LogP contribution is 2.33. The lowest BCUT2D eigenvalue weighted by atomic mass is 10.1. The molecule has 0 radical (unpaired) electrons. The van der Waals surface area contributed by atoms with Crippen molar-refractivity contribution >= 4 is 30.1 Å². The number of H-pyrrole nitrogens is 2. The van der Waals surface area contributed by atoms with E-state index in [0.717, 1.165) is 22.6 Å². The van der Waals surface area contributed by atoms with E-state index >= 15 is 0 Å². The largest absolute Gasteiger partial charge is 0.496 e. The van der Waals surface area contributed by atoms with E-state index < -0.39 is 0 Å². The molecule has 0 aliphatic carbocycles. The second-order valence-electron chi connectivity index (χ2n) is 5.85. The predicted molar refractivity (Wildman–Crippen MR) is 108 cm³/mol. The summed E-state index contributed by atoms with van der Waals surface area (Å²) in [5, 5.41) is 2.99. The number of hydrogen-bond acceptors (Lipinski definition) is 5. The molecule has 136 valence electrons. The molecule has 0 spiro atoms. The Labute approximate surface area is 165 Å². The standard InChI is InChI=1S/C19H16N4O2S2/c1-24-16-9-13(25-11-12-5-3-2-4-6-12)7-8-14(16)15-10-23-17(20-15)18(26)21-19(27)22-23/h2-10H,11H2,1H3,(H2,21,22,26,27). The molecular formula is C19H16N4O2S2. The van der Waals surface area contributed by atoms with Crippen LogP contribution in [0.2, 0.25) is 0 Å². The highest BCUT2D eigenvalue weighted by molar-refractivity contribution is 7.72. The SMILES string of the molecule is COc1cc(OCc2ccccc2)ccc1-c1cn2[nH]c(=S)[nH]c(=S)c2n1. The average Bonchev–Trinajstić information content (AvgIpc) is 3.11. The molecule has 6 nitrogen and oxygen atoms in total. The number of rotatable bonds is 5. The molecule has 0 amide bonds. The molecule has 2 heterocycles. The molecule has 2 aromatic heterocycles. The third-order valence-electron chi connectivity index (χ3n) is 4.06. The Bertz CT molecular complexity index is 1210. The minimum atomic E-state index is 0.438. The Hall–Kier alpha value is -2.97. The quantitative estimate of drug-likeness (QED) is 0.479. The van der Waals surface area contributed by atoms with Gasteiger partial charge >= 0.3 is 0 Å². The third kappa shape index (κ3) is 3.62. The number of ether oxygens (including phenoxy) is 2. The number of nitrogens with zero attached hydrogens (tertiary/aromatic N) is 2. The van der Waals surface area contributed by atoms with Gasteiger partial charge in [-0.1, -0.05) is 42.5 Å². The summed E-state index contributed by atoms with van der Waals surface area (Å²) in [5.41, 5.74) is 3.25. The Morgan fingerprint density at radius 1 is 1.11 bits per heavy atom. The van der Waals surface area contributed by atoms with Crippen molar-refractivity contribution in [2.75, 3.05) is 7.11 Å². The van der Waals surface area contributed by atoms with Crippen molar-refractivity contribution in [3.05, 3.63) is 69.7 Å². The number of nitrogens with one attached hydrogen (secondary N) is 2. The van der Waals surface area contributed by atoms with E-state index in [1.54, 1.807) is 11.6 Å². The van der Waals surface area contributed by atoms with Gasteiger partial charge < -0.3 is 14.5 Å². The zero-order valence-corrected chi connectivity index (χ0v) is 16.1. The van der Waals surface area contributed by atoms with Crippen LogP contribution in [0.25, 0.3) is 16.9 Å². The number of imidazole rings is 1. The zero-order valence-electron chi connectivity index (χ0n) is 14.4. The fourth-order valence-electron chi connectivity index (χ4n) is 2.77. The van der Waals surface area contributed by atoms with Gasteiger partial charge in [-0.15, -0.1) is 0 Å². The van der Waals surface area contributed by atoms with Crippen molar-refractivity contribution in [2.24, 2.45) is 0 Å². The Balaban J connectivity index is 1.66. The van der Waals surface area contributed by atoms with Crippen LogP contribution < -0.4 is 9.47 Å². The highest BCUT2D eigenvalue weighted by Gasteiger charge is 2.12. The summed E-state index contributed by atoms with van der Waals surface area (Å²) in [5.74, 6) is 1.39. The lowest BCUT2D eigenvalue weighted by Crippen LogP contribution is -1.96. The molecular weight excluding hydrogens is 380 g/mol. The van der Waals surface area contributed by atoms with Crippen molar-refractivity contribution in [3.63, 3.8) is 0 Å². The Kier molecular flexibility index (Phi) is 4.74. The van der Waals surface area contributed by atoms with Crippen molar-refractivity contribution in [1.82, 2.24) is 19.6 Å². The van der Waals surface area contributed by atoms with Gasteiger partial charge in [0.15, 0.2) is 15.1 Å². The van der Waals surface area contributed by atoms with E-state index in [2.05, 4.69) is 15.1 Å². The fourth-order valence-corrected chi connectivity index (χ4v) is 3.28. The van der Waals surface area contributed by atoms with Gasteiger partial charge in [0.25, 0.3) is 0 Å². The lowest BCUT2D eigenvalue weighted by Gasteiger charge is -2.10. The number of methoxy groups -OCH3 is 1. The van der Waals surface area contributed by atoms with Crippen LogP contribution in [0.5, 0.6) is 11.5 Å². The summed E-state index contributed by atoms with van der Waals surface area (Å²) in [6.07, 6.45) is 1.83. The van der Waals surface area contributed by atoms with E-state index in [1.807, 2.05) is 54.7 Å². The van der Waals surface area contributed by atoms with Crippen molar-refractivity contribution in [2.45, 2.75) is 6.61 Å². The number of aromatic amines is 2. The second kappa shape index (κ2) is 7.34. The van der Waals surface area contributed by atoms with Gasteiger partial charge in [-0.3, -0.25) is 5.10 Å². The van der Waals surface area contributed by atoms with Crippen LogP contribution in [0.15, 0.2) is 54.7 Å². The smallest absolute Gasteiger partial charge is 0.190 e. The lowest BCUT2D eigenvalue weighted by molar-refractivity contribution is 0.304. The molecule has 4 rings (SSSR count). The van der Waals surface area contributed by atoms with E-state index in [0.29, 0.717) is 27.4 Å². The van der Waals surface area contributed by atoms with Gasteiger partial charge in [0.2, 0.25) is 0 Å². The molecule has 8 heteroatoms. The van der Waals surface area contributed by atoms with Gasteiger partial charge in [0, 0.05) is 11.6 Å². The molecule has 0 saturated carbocycles. The molecule has 0 bridgehead atoms. The Morgan fingerprint density at radius 3 is 2.70 bits per heavy atom. The van der Waals surface area contributed by atoms with Gasteiger partial charge in [-0.25, -0.2) is 9.50 Å². The molecule has 2 aromatic carbocycles. The molecule has 0 aliphatic rings. The molecule has 0 fully saturated rings. The maximum atomic E-state index is 5.87. The predicted octanol–water partition coefficient (Wildman–Crippen LogP) is 4.70. The van der Waals surface area contributed by atoms with Crippen molar-refractivity contribution < 1.29 is 9.47 Å². The number of fused-ring (bicyclic) bond motifs is 1. The van der Waals surface area contributed by atoms with Crippen LogP contribution >= 0.6 is 24.4 Å². The van der Waals surface area contributed by atoms with Crippen LogP contribution in [0, 0.1) is 9.41 Å². The second-order valence-corrected chi connectivity index (χ2v) is 6.67. The summed E-state index contributed by atoms with van der Waals surface area (Å²) >= 11 is 10.4. The molecule has 0 unspecified atom stereocenters. The van der Waals surface area contributed by atoms with E-state index in [4.69, 9.17) is 33.9 Å². The summed E-state index contributed by atoms with van der Waals surface area (Å²) in [4.78, 5) is 7.47. The van der Waals surface area contributed by atoms with Crippen LogP contribution in [0.3, 0.4) is 0 Å². The number of aromatic nitrogens is 4. The van der Waals surface area contributed by atoms with Crippen LogP contribution in [-0.2, 0) is 6.61 Å². The van der Waals surface area contributed by atoms with Crippen LogP contribution in [0.4, 0.5) is 0 Å². The first-order valence-corrected chi connectivity index (χ1v) is 9.02. The molecule has 4 aromatic rings. The first kappa shape index (κ1) is 17.4. The molecule has 0 atom stereocenters. The molecule has 2 N–H and O–H groups in total.